The number of carbonyl (C=O) groups is 1. The van der Waals surface area contributed by atoms with Crippen LogP contribution in [0.15, 0.2) is 46.9 Å². The molecule has 2 rings (SSSR count). The smallest absolute Gasteiger partial charge is 0.248 e. The van der Waals surface area contributed by atoms with Crippen molar-refractivity contribution in [3.63, 3.8) is 0 Å². The van der Waals surface area contributed by atoms with E-state index in [9.17, 15) is 4.79 Å². The van der Waals surface area contributed by atoms with Crippen molar-refractivity contribution in [3.05, 3.63) is 63.1 Å². The fraction of sp³-hybridized carbons (Fsp3) is 0.0625. The van der Waals surface area contributed by atoms with Crippen molar-refractivity contribution < 1.29 is 4.79 Å². The Hall–Kier alpha value is -1.78. The SMILES string of the molecule is Cc1cc(N)cc(Br)c1NC(=O)/C=C/c1ccc(Cl)cc1. The first-order valence-corrected chi connectivity index (χ1v) is 7.43. The largest absolute Gasteiger partial charge is 0.399 e. The summed E-state index contributed by atoms with van der Waals surface area (Å²) in [6.45, 7) is 1.89. The average Bonchev–Trinajstić information content (AvgIpc) is 2.42. The molecule has 0 spiro atoms. The number of halogens is 2. The molecule has 1 amide bonds. The van der Waals surface area contributed by atoms with E-state index >= 15 is 0 Å². The van der Waals surface area contributed by atoms with Crippen LogP contribution in [0, 0.1) is 6.92 Å². The summed E-state index contributed by atoms with van der Waals surface area (Å²) < 4.78 is 0.758. The van der Waals surface area contributed by atoms with E-state index < -0.39 is 0 Å². The highest BCUT2D eigenvalue weighted by atomic mass is 79.9. The fourth-order valence-corrected chi connectivity index (χ4v) is 2.64. The lowest BCUT2D eigenvalue weighted by atomic mass is 10.1. The highest BCUT2D eigenvalue weighted by Crippen LogP contribution is 2.29. The normalized spacial score (nSPS) is 10.8. The summed E-state index contributed by atoms with van der Waals surface area (Å²) in [7, 11) is 0. The van der Waals surface area contributed by atoms with Crippen LogP contribution in [0.1, 0.15) is 11.1 Å². The molecule has 3 N–H and O–H groups in total. The number of nitrogens with one attached hydrogen (secondary N) is 1. The lowest BCUT2D eigenvalue weighted by molar-refractivity contribution is -0.111. The number of nitrogen functional groups attached to an aromatic ring is 1. The Balaban J connectivity index is 2.10. The van der Waals surface area contributed by atoms with Crippen LogP contribution in [0.5, 0.6) is 0 Å². The van der Waals surface area contributed by atoms with E-state index in [4.69, 9.17) is 17.3 Å². The first kappa shape index (κ1) is 15.6. The van der Waals surface area contributed by atoms with Crippen LogP contribution in [0.2, 0.25) is 5.02 Å². The minimum absolute atomic E-state index is 0.210. The van der Waals surface area contributed by atoms with Gasteiger partial charge in [-0.3, -0.25) is 4.79 Å². The Kier molecular flexibility index (Phi) is 5.04. The molecule has 0 aromatic heterocycles. The Labute approximate surface area is 136 Å². The van der Waals surface area contributed by atoms with E-state index in [1.165, 1.54) is 6.08 Å². The molecule has 0 bridgehead atoms. The van der Waals surface area contributed by atoms with Crippen molar-refractivity contribution in [1.29, 1.82) is 0 Å². The fourth-order valence-electron chi connectivity index (χ4n) is 1.84. The maximum atomic E-state index is 12.0. The molecular weight excluding hydrogens is 352 g/mol. The van der Waals surface area contributed by atoms with Crippen molar-refractivity contribution in [1.82, 2.24) is 0 Å². The number of rotatable bonds is 3. The lowest BCUT2D eigenvalue weighted by Gasteiger charge is -2.10. The Morgan fingerprint density at radius 1 is 1.29 bits per heavy atom. The summed E-state index contributed by atoms with van der Waals surface area (Å²) in [4.78, 5) is 12.0. The van der Waals surface area contributed by atoms with Crippen LogP contribution in [-0.2, 0) is 4.79 Å². The molecule has 21 heavy (non-hydrogen) atoms. The molecule has 0 fully saturated rings. The van der Waals surface area contributed by atoms with Crippen LogP contribution in [0.4, 0.5) is 11.4 Å². The van der Waals surface area contributed by atoms with Crippen molar-refractivity contribution in [3.8, 4) is 0 Å². The van der Waals surface area contributed by atoms with Crippen molar-refractivity contribution in [2.45, 2.75) is 6.92 Å². The number of nitrogens with two attached hydrogens (primary N) is 1. The molecule has 3 nitrogen and oxygen atoms in total. The van der Waals surface area contributed by atoms with Gasteiger partial charge in [0.05, 0.1) is 5.69 Å². The number of hydrogen-bond acceptors (Lipinski definition) is 2. The first-order valence-electron chi connectivity index (χ1n) is 6.26. The summed E-state index contributed by atoms with van der Waals surface area (Å²) in [5.41, 5.74) is 8.91. The quantitative estimate of drug-likeness (QED) is 0.614. The zero-order chi connectivity index (χ0) is 15.4. The predicted octanol–water partition coefficient (Wildman–Crippen LogP) is 4.65. The van der Waals surface area contributed by atoms with Gasteiger partial charge in [-0.2, -0.15) is 0 Å². The number of anilines is 2. The van der Waals surface area contributed by atoms with E-state index in [0.29, 0.717) is 10.7 Å². The van der Waals surface area contributed by atoms with Crippen LogP contribution >= 0.6 is 27.5 Å². The molecule has 108 valence electrons. The van der Waals surface area contributed by atoms with Gasteiger partial charge in [0.1, 0.15) is 0 Å². The highest BCUT2D eigenvalue weighted by Gasteiger charge is 2.07. The van der Waals surface area contributed by atoms with E-state index in [-0.39, 0.29) is 5.91 Å². The molecule has 0 aliphatic carbocycles. The summed E-state index contributed by atoms with van der Waals surface area (Å²) in [6, 6.07) is 10.8. The van der Waals surface area contributed by atoms with E-state index in [0.717, 1.165) is 21.3 Å². The van der Waals surface area contributed by atoms with Crippen molar-refractivity contribution >= 4 is 50.9 Å². The van der Waals surface area contributed by atoms with Crippen LogP contribution in [0.25, 0.3) is 6.08 Å². The molecule has 0 aliphatic heterocycles. The van der Waals surface area contributed by atoms with Gasteiger partial charge in [-0.15, -0.1) is 0 Å². The molecule has 5 heteroatoms. The third-order valence-corrected chi connectivity index (χ3v) is 3.73. The van der Waals surface area contributed by atoms with Gasteiger partial charge in [-0.25, -0.2) is 0 Å². The molecule has 0 saturated heterocycles. The number of carbonyl (C=O) groups excluding carboxylic acids is 1. The Morgan fingerprint density at radius 2 is 1.95 bits per heavy atom. The highest BCUT2D eigenvalue weighted by molar-refractivity contribution is 9.10. The van der Waals surface area contributed by atoms with Crippen LogP contribution < -0.4 is 11.1 Å². The molecule has 0 aliphatic rings. The van der Waals surface area contributed by atoms with Gasteiger partial charge >= 0.3 is 0 Å². The Morgan fingerprint density at radius 3 is 2.57 bits per heavy atom. The third kappa shape index (κ3) is 4.34. The molecule has 0 atom stereocenters. The minimum Gasteiger partial charge on any atom is -0.399 e. The van der Waals surface area contributed by atoms with Gasteiger partial charge in [0, 0.05) is 21.3 Å². The molecule has 0 saturated carbocycles. The average molecular weight is 366 g/mol. The van der Waals surface area contributed by atoms with Gasteiger partial charge in [0.2, 0.25) is 5.91 Å². The summed E-state index contributed by atoms with van der Waals surface area (Å²) in [6.07, 6.45) is 3.21. The molecular formula is C16H14BrClN2O. The van der Waals surface area contributed by atoms with E-state index in [2.05, 4.69) is 21.2 Å². The minimum atomic E-state index is -0.210. The van der Waals surface area contributed by atoms with Crippen LogP contribution in [-0.4, -0.2) is 5.91 Å². The summed E-state index contributed by atoms with van der Waals surface area (Å²) >= 11 is 9.21. The van der Waals surface area contributed by atoms with E-state index in [1.54, 1.807) is 24.3 Å². The van der Waals surface area contributed by atoms with Gasteiger partial charge < -0.3 is 11.1 Å². The molecule has 2 aromatic carbocycles. The third-order valence-electron chi connectivity index (χ3n) is 2.86. The predicted molar refractivity (Wildman–Crippen MR) is 92.4 cm³/mol. The molecule has 2 aromatic rings. The molecule has 0 heterocycles. The van der Waals surface area contributed by atoms with E-state index in [1.807, 2.05) is 25.1 Å². The maximum Gasteiger partial charge on any atom is 0.248 e. The van der Waals surface area contributed by atoms with Gasteiger partial charge in [0.15, 0.2) is 0 Å². The number of amides is 1. The Bertz CT molecular complexity index is 673. The van der Waals surface area contributed by atoms with Gasteiger partial charge in [0.25, 0.3) is 0 Å². The monoisotopic (exact) mass is 364 g/mol. The lowest BCUT2D eigenvalue weighted by Crippen LogP contribution is -2.10. The second-order valence-corrected chi connectivity index (χ2v) is 5.86. The first-order chi connectivity index (χ1) is 9.95. The second kappa shape index (κ2) is 6.78. The summed E-state index contributed by atoms with van der Waals surface area (Å²) in [5, 5.41) is 3.50. The number of aryl methyl sites for hydroxylation is 1. The topological polar surface area (TPSA) is 55.1 Å². The zero-order valence-corrected chi connectivity index (χ0v) is 13.7. The number of benzene rings is 2. The van der Waals surface area contributed by atoms with Crippen molar-refractivity contribution in [2.24, 2.45) is 0 Å². The van der Waals surface area contributed by atoms with Crippen molar-refractivity contribution in [2.75, 3.05) is 11.1 Å². The second-order valence-electron chi connectivity index (χ2n) is 4.57. The maximum absolute atomic E-state index is 12.0. The standard InChI is InChI=1S/C16H14BrClN2O/c1-10-8-13(19)9-14(17)16(10)20-15(21)7-4-11-2-5-12(18)6-3-11/h2-9H,19H2,1H3,(H,20,21)/b7-4+. The van der Waals surface area contributed by atoms with Gasteiger partial charge in [-0.05, 0) is 64.3 Å². The summed E-state index contributed by atoms with van der Waals surface area (Å²) in [5.74, 6) is -0.210. The van der Waals surface area contributed by atoms with Crippen LogP contribution in [0.3, 0.4) is 0 Å². The van der Waals surface area contributed by atoms with Gasteiger partial charge in [-0.1, -0.05) is 23.7 Å². The number of hydrogen-bond donors (Lipinski definition) is 2. The zero-order valence-electron chi connectivity index (χ0n) is 11.4. The molecule has 0 radical (unpaired) electrons. The molecule has 0 unspecified atom stereocenters.